The molecule has 1 aromatic heterocycles. The zero-order valence-corrected chi connectivity index (χ0v) is 24.7. The van der Waals surface area contributed by atoms with Gasteiger partial charge in [0.1, 0.15) is 0 Å². The third-order valence-corrected chi connectivity index (χ3v) is 16.9. The Kier molecular flexibility index (Phi) is 8.91. The number of ether oxygens (including phenoxy) is 1. The first kappa shape index (κ1) is 27.3. The molecule has 0 atom stereocenters. The Labute approximate surface area is 240 Å². The molecule has 0 bridgehead atoms. The number of hydrogen-bond donors (Lipinski definition) is 0. The van der Waals surface area contributed by atoms with Crippen LogP contribution in [0.3, 0.4) is 0 Å². The molecule has 0 aliphatic heterocycles. The van der Waals surface area contributed by atoms with Gasteiger partial charge in [0.15, 0.2) is 0 Å². The van der Waals surface area contributed by atoms with Gasteiger partial charge in [0, 0.05) is 0 Å². The molecule has 0 amide bonds. The summed E-state index contributed by atoms with van der Waals surface area (Å²) >= 11 is 4.56. The Bertz CT molecular complexity index is 1350. The number of rotatable bonds is 12. The molecular weight excluding hydrogens is 561 g/mol. The molecule has 2 nitrogen and oxygen atoms in total. The van der Waals surface area contributed by atoms with E-state index in [9.17, 15) is 0 Å². The predicted octanol–water partition coefficient (Wildman–Crippen LogP) is 8.21. The first-order chi connectivity index (χ1) is 19.2. The molecule has 0 saturated heterocycles. The van der Waals surface area contributed by atoms with E-state index in [-0.39, 0.29) is 0 Å². The zero-order chi connectivity index (χ0) is 26.8. The zero-order valence-electron chi connectivity index (χ0n) is 22.2. The van der Waals surface area contributed by atoms with E-state index in [1.54, 1.807) is 0 Å². The fourth-order valence-corrected chi connectivity index (χ4v) is 13.0. The van der Waals surface area contributed by atoms with Gasteiger partial charge < -0.3 is 0 Å². The predicted molar refractivity (Wildman–Crippen MR) is 172 cm³/mol. The van der Waals surface area contributed by atoms with Gasteiger partial charge in [-0.1, -0.05) is 6.07 Å². The molecule has 1 heterocycles. The van der Waals surface area contributed by atoms with Crippen LogP contribution in [0.5, 0.6) is 5.88 Å². The first-order valence-electron chi connectivity index (χ1n) is 13.7. The summed E-state index contributed by atoms with van der Waals surface area (Å²) < 4.78 is 6.38. The molecule has 0 unspecified atom stereocenters. The molecule has 0 saturated carbocycles. The van der Waals surface area contributed by atoms with Crippen LogP contribution in [-0.4, -0.2) is 11.6 Å². The Morgan fingerprint density at radius 3 is 1.62 bits per heavy atom. The van der Waals surface area contributed by atoms with Gasteiger partial charge in [0.2, 0.25) is 0 Å². The van der Waals surface area contributed by atoms with E-state index in [1.807, 2.05) is 12.3 Å². The van der Waals surface area contributed by atoms with E-state index in [2.05, 4.69) is 143 Å². The number of nitrogens with zero attached hydrogens (tertiary/aromatic N) is 1. The molecule has 0 spiro atoms. The number of halogens is 1. The Hall–Kier alpha value is -3.26. The van der Waals surface area contributed by atoms with Gasteiger partial charge in [0.25, 0.3) is 0 Å². The van der Waals surface area contributed by atoms with E-state index in [0.717, 1.165) is 43.3 Å². The van der Waals surface area contributed by atoms with Crippen molar-refractivity contribution in [1.82, 2.24) is 4.98 Å². The molecule has 4 heteroatoms. The van der Waals surface area contributed by atoms with Crippen molar-refractivity contribution in [2.75, 3.05) is 6.61 Å². The van der Waals surface area contributed by atoms with Gasteiger partial charge in [-0.15, -0.1) is 0 Å². The fraction of sp³-hybridized carbons (Fsp3) is 0.171. The van der Waals surface area contributed by atoms with Gasteiger partial charge in [-0.05, 0) is 0 Å². The third-order valence-electron chi connectivity index (χ3n) is 7.39. The monoisotopic (exact) mass is 595 g/mol. The van der Waals surface area contributed by atoms with E-state index < -0.39 is 5.31 Å². The Morgan fingerprint density at radius 1 is 0.564 bits per heavy atom. The van der Waals surface area contributed by atoms with Crippen LogP contribution in [0.1, 0.15) is 30.4 Å². The molecule has 198 valence electrons. The van der Waals surface area contributed by atoms with Crippen molar-refractivity contribution in [2.24, 2.45) is 0 Å². The van der Waals surface area contributed by atoms with Crippen LogP contribution < -0.4 is 20.7 Å². The molecule has 0 N–H and O–H groups in total. The second-order valence-corrected chi connectivity index (χ2v) is 18.9. The number of hydrogen-bond acceptors (Lipinski definition) is 2. The van der Waals surface area contributed by atoms with Crippen molar-refractivity contribution in [3.05, 3.63) is 151 Å². The van der Waals surface area contributed by atoms with E-state index in [1.165, 1.54) is 21.5 Å². The Balaban J connectivity index is 1.44. The van der Waals surface area contributed by atoms with E-state index >= 15 is 0 Å². The topological polar surface area (TPSA) is 22.1 Å². The van der Waals surface area contributed by atoms with Crippen LogP contribution in [0, 0.1) is 0 Å². The number of aryl methyl sites for hydroxylation is 1. The van der Waals surface area contributed by atoms with Gasteiger partial charge >= 0.3 is 235 Å². The van der Waals surface area contributed by atoms with Crippen molar-refractivity contribution in [3.8, 4) is 5.88 Å². The van der Waals surface area contributed by atoms with Crippen LogP contribution in [-0.2, 0) is 12.6 Å². The fourth-order valence-electron chi connectivity index (χ4n) is 5.35. The normalized spacial score (nSPS) is 12.4. The second-order valence-electron chi connectivity index (χ2n) is 9.96. The van der Waals surface area contributed by atoms with Crippen LogP contribution in [0.2, 0.25) is 0 Å². The number of unbranched alkanes of at least 4 members (excludes halogenated alkanes) is 2. The summed E-state index contributed by atoms with van der Waals surface area (Å²) in [5.74, 6) is 0.733. The number of pyridine rings is 1. The molecule has 0 fully saturated rings. The summed E-state index contributed by atoms with van der Waals surface area (Å²) in [4.78, 5) is 4.72. The summed E-state index contributed by atoms with van der Waals surface area (Å²) in [5, 5.41) is 0.742. The molecule has 0 radical (unpaired) electrons. The Morgan fingerprint density at radius 2 is 1.08 bits per heavy atom. The van der Waals surface area contributed by atoms with Gasteiger partial charge in [0.05, 0.1) is 0 Å². The van der Waals surface area contributed by atoms with Crippen molar-refractivity contribution < 1.29 is 4.74 Å². The van der Waals surface area contributed by atoms with Crippen LogP contribution >= 0.6 is 20.8 Å². The van der Waals surface area contributed by atoms with Crippen molar-refractivity contribution in [1.29, 1.82) is 0 Å². The minimum atomic E-state index is -3.12. The molecule has 0 aliphatic carbocycles. The standard InChI is InChI=1S/C35H35BrNOP/c36-39(32-21-9-2-10-22-32,33-23-11-3-12-24-33,34-25-13-4-14-26-34)29-31-20-16-27-37-35(31)38-28-15-5-8-19-30-17-6-1-7-18-30/h1-4,6-7,9-14,16-18,20-27H,5,8,15,19,28-29H2. The SMILES string of the molecule is BrP(Cc1cccnc1OCCCCCc1ccccc1)(c1ccccc1)(c1ccccc1)c1ccccc1. The maximum atomic E-state index is 6.38. The summed E-state index contributed by atoms with van der Waals surface area (Å²) in [5.41, 5.74) is 2.52. The van der Waals surface area contributed by atoms with E-state index in [4.69, 9.17) is 9.72 Å². The average Bonchev–Trinajstić information content (AvgIpc) is 3.01. The maximum absolute atomic E-state index is 6.38. The molecule has 39 heavy (non-hydrogen) atoms. The van der Waals surface area contributed by atoms with Gasteiger partial charge in [-0.3, -0.25) is 0 Å². The summed E-state index contributed by atoms with van der Waals surface area (Å²) in [7, 11) is 0. The second kappa shape index (κ2) is 12.7. The van der Waals surface area contributed by atoms with Gasteiger partial charge in [-0.25, -0.2) is 0 Å². The summed E-state index contributed by atoms with van der Waals surface area (Å²) in [6.07, 6.45) is 7.02. The van der Waals surface area contributed by atoms with Crippen molar-refractivity contribution >= 4 is 36.7 Å². The summed E-state index contributed by atoms with van der Waals surface area (Å²) in [6.45, 7) is 0.666. The quantitative estimate of drug-likeness (QED) is 0.107. The molecule has 5 rings (SSSR count). The number of benzene rings is 4. The van der Waals surface area contributed by atoms with E-state index in [0.29, 0.717) is 6.61 Å². The van der Waals surface area contributed by atoms with Gasteiger partial charge in [-0.2, -0.15) is 0 Å². The first-order valence-corrected chi connectivity index (χ1v) is 18.1. The van der Waals surface area contributed by atoms with Crippen molar-refractivity contribution in [3.63, 3.8) is 0 Å². The molecule has 5 aromatic rings. The van der Waals surface area contributed by atoms with Crippen LogP contribution in [0.15, 0.2) is 140 Å². The van der Waals surface area contributed by atoms with Crippen LogP contribution in [0.4, 0.5) is 0 Å². The minimum absolute atomic E-state index is 0.666. The molecule has 0 aliphatic rings. The molecular formula is C35H35BrNOP. The average molecular weight is 597 g/mol. The van der Waals surface area contributed by atoms with Crippen LogP contribution in [0.25, 0.3) is 0 Å². The molecule has 4 aromatic carbocycles. The third kappa shape index (κ3) is 6.01. The van der Waals surface area contributed by atoms with Crippen molar-refractivity contribution in [2.45, 2.75) is 31.8 Å². The summed E-state index contributed by atoms with van der Waals surface area (Å²) in [6, 6.07) is 47.6. The number of aromatic nitrogens is 1.